The molecule has 3 aromatic rings. The van der Waals surface area contributed by atoms with Crippen molar-refractivity contribution in [1.82, 2.24) is 10.3 Å². The number of carbonyl (C=O) groups is 2. The average Bonchev–Trinajstić information content (AvgIpc) is 2.72. The molecule has 0 saturated carbocycles. The number of Topliss-reactive ketones (excluding diaryl/α,β-unsaturated/α-hetero) is 1. The van der Waals surface area contributed by atoms with Crippen LogP contribution in [0.15, 0.2) is 54.9 Å². The van der Waals surface area contributed by atoms with Crippen LogP contribution in [-0.4, -0.2) is 22.5 Å². The van der Waals surface area contributed by atoms with Crippen molar-refractivity contribution in [2.45, 2.75) is 39.3 Å². The second-order valence-electron chi connectivity index (χ2n) is 8.54. The van der Waals surface area contributed by atoms with Crippen molar-refractivity contribution >= 4 is 35.1 Å². The third-order valence-corrected chi connectivity index (χ3v) is 5.47. The maximum Gasteiger partial charge on any atom is 0.408 e. The summed E-state index contributed by atoms with van der Waals surface area (Å²) in [6, 6.07) is 10.1. The zero-order valence-corrected chi connectivity index (χ0v) is 20.1. The SMILES string of the molecule is Cc1cc(-c2cncc(F)c2)ccc1C(=O)C(NC(=O)OC(C)(C)C)c1ccc(Cl)c(Cl)c1. The first kappa shape index (κ1) is 24.7. The summed E-state index contributed by atoms with van der Waals surface area (Å²) in [5.41, 5.74) is 2.05. The minimum atomic E-state index is -1.06. The molecule has 3 rings (SSSR count). The number of aryl methyl sites for hydroxylation is 1. The lowest BCUT2D eigenvalue weighted by Gasteiger charge is -2.24. The Hall–Kier alpha value is -2.96. The molecule has 1 atom stereocenters. The summed E-state index contributed by atoms with van der Waals surface area (Å²) in [6.07, 6.45) is 1.92. The van der Waals surface area contributed by atoms with Gasteiger partial charge in [-0.25, -0.2) is 9.18 Å². The lowest BCUT2D eigenvalue weighted by atomic mass is 9.92. The van der Waals surface area contributed by atoms with E-state index < -0.39 is 23.6 Å². The number of amides is 1. The van der Waals surface area contributed by atoms with Gasteiger partial charge in [0.25, 0.3) is 0 Å². The maximum atomic E-state index is 13.6. The van der Waals surface area contributed by atoms with Gasteiger partial charge in [-0.2, -0.15) is 0 Å². The van der Waals surface area contributed by atoms with Gasteiger partial charge >= 0.3 is 6.09 Å². The molecular formula is C25H23Cl2FN2O3. The predicted molar refractivity (Wildman–Crippen MR) is 127 cm³/mol. The Labute approximate surface area is 201 Å². The molecule has 0 aliphatic rings. The summed E-state index contributed by atoms with van der Waals surface area (Å²) < 4.78 is 18.9. The number of hydrogen-bond acceptors (Lipinski definition) is 4. The van der Waals surface area contributed by atoms with Crippen LogP contribution in [0.3, 0.4) is 0 Å². The molecule has 1 amide bonds. The predicted octanol–water partition coefficient (Wildman–Crippen LogP) is 6.95. The minimum Gasteiger partial charge on any atom is -0.444 e. The molecule has 0 fully saturated rings. The number of ether oxygens (including phenoxy) is 1. The molecule has 1 unspecified atom stereocenters. The molecule has 1 aromatic heterocycles. The zero-order valence-electron chi connectivity index (χ0n) is 18.6. The number of aromatic nitrogens is 1. The maximum absolute atomic E-state index is 13.6. The zero-order chi connectivity index (χ0) is 24.3. The van der Waals surface area contributed by atoms with Gasteiger partial charge in [0.05, 0.1) is 16.2 Å². The third kappa shape index (κ3) is 6.30. The molecule has 2 aromatic carbocycles. The van der Waals surface area contributed by atoms with E-state index in [2.05, 4.69) is 10.3 Å². The van der Waals surface area contributed by atoms with Crippen LogP contribution in [0.4, 0.5) is 9.18 Å². The average molecular weight is 489 g/mol. The monoisotopic (exact) mass is 488 g/mol. The highest BCUT2D eigenvalue weighted by atomic mass is 35.5. The van der Waals surface area contributed by atoms with Crippen molar-refractivity contribution in [3.63, 3.8) is 0 Å². The van der Waals surface area contributed by atoms with Gasteiger partial charge in [-0.15, -0.1) is 0 Å². The highest BCUT2D eigenvalue weighted by Crippen LogP contribution is 2.30. The lowest BCUT2D eigenvalue weighted by molar-refractivity contribution is 0.0490. The molecule has 0 radical (unpaired) electrons. The summed E-state index contributed by atoms with van der Waals surface area (Å²) in [6.45, 7) is 6.95. The molecule has 33 heavy (non-hydrogen) atoms. The summed E-state index contributed by atoms with van der Waals surface area (Å²) >= 11 is 12.2. The molecule has 1 heterocycles. The van der Waals surface area contributed by atoms with Gasteiger partial charge in [0.2, 0.25) is 0 Å². The van der Waals surface area contributed by atoms with E-state index in [1.54, 1.807) is 64.2 Å². The van der Waals surface area contributed by atoms with Gasteiger partial charge < -0.3 is 10.1 Å². The van der Waals surface area contributed by atoms with E-state index in [4.69, 9.17) is 27.9 Å². The third-order valence-electron chi connectivity index (χ3n) is 4.73. The number of halogens is 3. The van der Waals surface area contributed by atoms with Crippen molar-refractivity contribution in [3.05, 3.63) is 87.4 Å². The second kappa shape index (κ2) is 9.89. The van der Waals surface area contributed by atoms with Gasteiger partial charge in [-0.05, 0) is 62.6 Å². The number of hydrogen-bond donors (Lipinski definition) is 1. The summed E-state index contributed by atoms with van der Waals surface area (Å²) in [4.78, 5) is 29.9. The van der Waals surface area contributed by atoms with Gasteiger partial charge in [-0.3, -0.25) is 9.78 Å². The van der Waals surface area contributed by atoms with E-state index in [9.17, 15) is 14.0 Å². The summed E-state index contributed by atoms with van der Waals surface area (Å²) in [5.74, 6) is -0.813. The van der Waals surface area contributed by atoms with E-state index in [0.717, 1.165) is 6.20 Å². The van der Waals surface area contributed by atoms with Gasteiger partial charge in [0.15, 0.2) is 5.78 Å². The number of ketones is 1. The van der Waals surface area contributed by atoms with Crippen LogP contribution in [-0.2, 0) is 4.74 Å². The Kier molecular flexibility index (Phi) is 7.40. The number of alkyl carbamates (subject to hydrolysis) is 1. The molecule has 8 heteroatoms. The topological polar surface area (TPSA) is 68.3 Å². The first-order valence-corrected chi connectivity index (χ1v) is 10.9. The Morgan fingerprint density at radius 2 is 1.73 bits per heavy atom. The number of carbonyl (C=O) groups excluding carboxylic acids is 2. The number of nitrogens with zero attached hydrogens (tertiary/aromatic N) is 1. The smallest absolute Gasteiger partial charge is 0.408 e. The fourth-order valence-electron chi connectivity index (χ4n) is 3.26. The van der Waals surface area contributed by atoms with Gasteiger partial charge in [-0.1, -0.05) is 47.5 Å². The summed E-state index contributed by atoms with van der Waals surface area (Å²) in [5, 5.41) is 3.22. The van der Waals surface area contributed by atoms with E-state index in [1.165, 1.54) is 12.1 Å². The second-order valence-corrected chi connectivity index (χ2v) is 9.35. The van der Waals surface area contributed by atoms with Crippen LogP contribution < -0.4 is 5.32 Å². The van der Waals surface area contributed by atoms with Crippen LogP contribution in [0.2, 0.25) is 10.0 Å². The van der Waals surface area contributed by atoms with Crippen molar-refractivity contribution in [1.29, 1.82) is 0 Å². The fourth-order valence-corrected chi connectivity index (χ4v) is 3.57. The van der Waals surface area contributed by atoms with E-state index in [1.807, 2.05) is 0 Å². The molecular weight excluding hydrogens is 466 g/mol. The molecule has 1 N–H and O–H groups in total. The number of rotatable bonds is 5. The Morgan fingerprint density at radius 1 is 1.00 bits per heavy atom. The molecule has 0 bridgehead atoms. The van der Waals surface area contributed by atoms with Crippen molar-refractivity contribution in [3.8, 4) is 11.1 Å². The largest absolute Gasteiger partial charge is 0.444 e. The first-order chi connectivity index (χ1) is 15.4. The summed E-state index contributed by atoms with van der Waals surface area (Å²) in [7, 11) is 0. The van der Waals surface area contributed by atoms with Gasteiger partial charge in [0.1, 0.15) is 17.5 Å². The van der Waals surface area contributed by atoms with Crippen LogP contribution in [0.1, 0.15) is 48.3 Å². The van der Waals surface area contributed by atoms with Crippen molar-refractivity contribution in [2.24, 2.45) is 0 Å². The number of pyridine rings is 1. The van der Waals surface area contributed by atoms with Crippen LogP contribution in [0.25, 0.3) is 11.1 Å². The Morgan fingerprint density at radius 3 is 2.33 bits per heavy atom. The standard InChI is InChI=1S/C25H23Cl2FN2O3/c1-14-9-15(17-10-18(28)13-29-12-17)5-7-19(14)23(31)22(30-24(32)33-25(2,3)4)16-6-8-20(26)21(27)11-16/h5-13,22H,1-4H3,(H,30,32). The normalized spacial score (nSPS) is 12.2. The van der Waals surface area contributed by atoms with Crippen LogP contribution in [0.5, 0.6) is 0 Å². The highest BCUT2D eigenvalue weighted by Gasteiger charge is 2.28. The molecule has 0 spiro atoms. The highest BCUT2D eigenvalue weighted by molar-refractivity contribution is 6.42. The van der Waals surface area contributed by atoms with Crippen molar-refractivity contribution < 1.29 is 18.7 Å². The quantitative estimate of drug-likeness (QED) is 0.394. The van der Waals surface area contributed by atoms with E-state index in [0.29, 0.717) is 32.8 Å². The van der Waals surface area contributed by atoms with E-state index >= 15 is 0 Å². The van der Waals surface area contributed by atoms with Crippen LogP contribution >= 0.6 is 23.2 Å². The fraction of sp³-hybridized carbons (Fsp3) is 0.240. The Balaban J connectivity index is 1.98. The number of nitrogens with one attached hydrogen (secondary N) is 1. The van der Waals surface area contributed by atoms with Crippen LogP contribution in [0, 0.1) is 12.7 Å². The molecule has 0 aliphatic carbocycles. The number of benzene rings is 2. The van der Waals surface area contributed by atoms with Gasteiger partial charge in [0, 0.05) is 17.3 Å². The minimum absolute atomic E-state index is 0.253. The molecule has 172 valence electrons. The Bertz CT molecular complexity index is 1210. The lowest BCUT2D eigenvalue weighted by Crippen LogP contribution is -2.38. The molecule has 5 nitrogen and oxygen atoms in total. The first-order valence-electron chi connectivity index (χ1n) is 10.1. The van der Waals surface area contributed by atoms with Crippen molar-refractivity contribution in [2.75, 3.05) is 0 Å². The molecule has 0 saturated heterocycles. The van der Waals surface area contributed by atoms with E-state index in [-0.39, 0.29) is 10.8 Å². The molecule has 0 aliphatic heterocycles.